The van der Waals surface area contributed by atoms with E-state index in [1.807, 2.05) is 0 Å². The van der Waals surface area contributed by atoms with Gasteiger partial charge in [0.2, 0.25) is 0 Å². The van der Waals surface area contributed by atoms with Crippen molar-refractivity contribution in [3.05, 3.63) is 29.3 Å². The van der Waals surface area contributed by atoms with Crippen LogP contribution in [0.25, 0.3) is 0 Å². The van der Waals surface area contributed by atoms with Crippen molar-refractivity contribution < 1.29 is 26.8 Å². The summed E-state index contributed by atoms with van der Waals surface area (Å²) in [5, 5.41) is -0.664. The van der Waals surface area contributed by atoms with Crippen LogP contribution in [-0.2, 0) is 10.8 Å². The van der Waals surface area contributed by atoms with Crippen molar-refractivity contribution in [1.29, 1.82) is 0 Å². The largest absolute Gasteiger partial charge is 0.382 e. The van der Waals surface area contributed by atoms with Gasteiger partial charge in [0.1, 0.15) is 0 Å². The minimum absolute atomic E-state index is 0.149. The molecule has 0 aliphatic carbocycles. The number of halogens is 5. The first-order valence-electron chi connectivity index (χ1n) is 7.65. The molecule has 25 heavy (non-hydrogen) atoms. The van der Waals surface area contributed by atoms with Crippen LogP contribution in [0.2, 0.25) is 18.1 Å². The minimum Gasteiger partial charge on any atom is -0.382 e. The molecule has 0 aromatic carbocycles. The maximum absolute atomic E-state index is 15.0. The van der Waals surface area contributed by atoms with E-state index < -0.39 is 49.4 Å². The van der Waals surface area contributed by atoms with Crippen LogP contribution in [0, 0.1) is 5.82 Å². The summed E-state index contributed by atoms with van der Waals surface area (Å²) >= 11 is 2.91. The fourth-order valence-electron chi connectivity index (χ4n) is 1.86. The monoisotopic (exact) mass is 443 g/mol. The number of nitrogens with zero attached hydrogens (tertiary/aromatic N) is 1. The van der Waals surface area contributed by atoms with E-state index in [0.717, 1.165) is 12.3 Å². The second-order valence-electron chi connectivity index (χ2n) is 7.30. The van der Waals surface area contributed by atoms with Crippen LogP contribution < -0.4 is 0 Å². The topological polar surface area (TPSA) is 39.2 Å². The first kappa shape index (κ1) is 22.2. The number of carbonyl (C=O) groups excluding carboxylic acids is 1. The average Bonchev–Trinajstić information content (AvgIpc) is 2.46. The molecule has 0 N–H and O–H groups in total. The van der Waals surface area contributed by atoms with E-state index in [2.05, 4.69) is 20.9 Å². The molecule has 1 heterocycles. The van der Waals surface area contributed by atoms with E-state index in [4.69, 9.17) is 4.43 Å². The zero-order valence-corrected chi connectivity index (χ0v) is 17.4. The van der Waals surface area contributed by atoms with Crippen molar-refractivity contribution in [2.75, 3.05) is 5.33 Å². The molecule has 0 amide bonds. The SMILES string of the molecule is CC(C)(C)[Si](C)(C)OC(F)(Cc1nccc(C(=O)CBr)c1F)C(F)F. The van der Waals surface area contributed by atoms with Crippen LogP contribution in [0.15, 0.2) is 12.3 Å². The molecule has 1 aromatic heterocycles. The summed E-state index contributed by atoms with van der Waals surface area (Å²) in [5.41, 5.74) is -0.890. The highest BCUT2D eigenvalue weighted by Crippen LogP contribution is 2.42. The molecule has 0 aliphatic heterocycles. The Bertz CT molecular complexity index is 637. The molecule has 0 fully saturated rings. The average molecular weight is 444 g/mol. The quantitative estimate of drug-likeness (QED) is 0.248. The van der Waals surface area contributed by atoms with Crippen LogP contribution in [-0.4, -0.2) is 36.7 Å². The van der Waals surface area contributed by atoms with Gasteiger partial charge < -0.3 is 4.43 Å². The van der Waals surface area contributed by atoms with Crippen LogP contribution in [0.1, 0.15) is 36.8 Å². The molecular formula is C16H22BrF4NO2Si. The van der Waals surface area contributed by atoms with E-state index in [0.29, 0.717) is 0 Å². The van der Waals surface area contributed by atoms with Gasteiger partial charge in [-0.15, -0.1) is 0 Å². The molecule has 0 radical (unpaired) electrons. The van der Waals surface area contributed by atoms with Gasteiger partial charge in [-0.05, 0) is 24.2 Å². The Morgan fingerprint density at radius 1 is 1.36 bits per heavy atom. The summed E-state index contributed by atoms with van der Waals surface area (Å²) in [4.78, 5) is 15.3. The fourth-order valence-corrected chi connectivity index (χ4v) is 3.48. The smallest absolute Gasteiger partial charge is 0.295 e. The Hall–Kier alpha value is -0.803. The predicted molar refractivity (Wildman–Crippen MR) is 94.1 cm³/mol. The number of ketones is 1. The predicted octanol–water partition coefficient (Wildman–Crippen LogP) is 5.29. The minimum atomic E-state index is -3.49. The summed E-state index contributed by atoms with van der Waals surface area (Å²) in [6.45, 7) is 8.58. The molecule has 0 spiro atoms. The van der Waals surface area contributed by atoms with Crippen LogP contribution in [0.3, 0.4) is 0 Å². The molecule has 1 unspecified atom stereocenters. The zero-order chi connectivity index (χ0) is 19.6. The Morgan fingerprint density at radius 2 is 1.92 bits per heavy atom. The highest BCUT2D eigenvalue weighted by Gasteiger charge is 2.51. The molecule has 9 heteroatoms. The van der Waals surface area contributed by atoms with Gasteiger partial charge in [-0.25, -0.2) is 17.6 Å². The fraction of sp³-hybridized carbons (Fsp3) is 0.625. The van der Waals surface area contributed by atoms with Crippen molar-refractivity contribution in [2.24, 2.45) is 0 Å². The third-order valence-corrected chi connectivity index (χ3v) is 9.32. The maximum atomic E-state index is 15.0. The molecule has 3 nitrogen and oxygen atoms in total. The van der Waals surface area contributed by atoms with Gasteiger partial charge >= 0.3 is 0 Å². The summed E-state index contributed by atoms with van der Waals surface area (Å²) in [7, 11) is -2.90. The standard InChI is InChI=1S/C16H22BrF4NO2Si/c1-15(2,3)25(4,5)24-16(21,14(19)20)8-11-13(18)10(6-7-22-11)12(23)9-17/h6-7,14H,8-9H2,1-5H3. The third kappa shape index (κ3) is 5.10. The second-order valence-corrected chi connectivity index (χ2v) is 12.6. The summed E-state index contributed by atoms with van der Waals surface area (Å²) < 4.78 is 61.5. The lowest BCUT2D eigenvalue weighted by Gasteiger charge is -2.41. The van der Waals surface area contributed by atoms with E-state index >= 15 is 0 Å². The lowest BCUT2D eigenvalue weighted by atomic mass is 10.1. The normalized spacial score (nSPS) is 15.3. The Morgan fingerprint density at radius 3 is 2.36 bits per heavy atom. The van der Waals surface area contributed by atoms with Gasteiger partial charge in [0.05, 0.1) is 23.0 Å². The number of rotatable bonds is 7. The van der Waals surface area contributed by atoms with Crippen LogP contribution >= 0.6 is 15.9 Å². The Labute approximate surface area is 154 Å². The van der Waals surface area contributed by atoms with E-state index in [9.17, 15) is 22.4 Å². The number of pyridine rings is 1. The van der Waals surface area contributed by atoms with Crippen molar-refractivity contribution in [3.63, 3.8) is 0 Å². The second kappa shape index (κ2) is 7.83. The van der Waals surface area contributed by atoms with Gasteiger partial charge in [-0.2, -0.15) is 0 Å². The number of aromatic nitrogens is 1. The number of hydrogen-bond acceptors (Lipinski definition) is 3. The third-order valence-electron chi connectivity index (χ3n) is 4.35. The lowest BCUT2D eigenvalue weighted by Crippen LogP contribution is -2.52. The van der Waals surface area contributed by atoms with Crippen molar-refractivity contribution in [2.45, 2.75) is 57.6 Å². The van der Waals surface area contributed by atoms with Gasteiger partial charge in [0, 0.05) is 6.20 Å². The maximum Gasteiger partial charge on any atom is 0.295 e. The van der Waals surface area contributed by atoms with E-state index in [1.54, 1.807) is 33.9 Å². The lowest BCUT2D eigenvalue weighted by molar-refractivity contribution is -0.174. The molecule has 1 aromatic rings. The van der Waals surface area contributed by atoms with Gasteiger partial charge in [-0.1, -0.05) is 36.7 Å². The summed E-state index contributed by atoms with van der Waals surface area (Å²) in [6, 6.07) is 1.12. The van der Waals surface area contributed by atoms with Crippen molar-refractivity contribution in [1.82, 2.24) is 4.98 Å². The van der Waals surface area contributed by atoms with Gasteiger partial charge in [-0.3, -0.25) is 9.78 Å². The molecule has 0 saturated carbocycles. The highest BCUT2D eigenvalue weighted by molar-refractivity contribution is 9.09. The molecule has 1 atom stereocenters. The summed E-state index contributed by atoms with van der Waals surface area (Å²) in [5.74, 6) is -5.08. The zero-order valence-electron chi connectivity index (χ0n) is 14.8. The Kier molecular flexibility index (Phi) is 6.97. The highest BCUT2D eigenvalue weighted by atomic mass is 79.9. The van der Waals surface area contributed by atoms with Gasteiger partial charge in [0.25, 0.3) is 12.3 Å². The Balaban J connectivity index is 3.25. The van der Waals surface area contributed by atoms with Crippen LogP contribution in [0.5, 0.6) is 0 Å². The van der Waals surface area contributed by atoms with Crippen molar-refractivity contribution >= 4 is 30.0 Å². The molecule has 0 aliphatic rings. The molecule has 1 rings (SSSR count). The molecule has 0 saturated heterocycles. The van der Waals surface area contributed by atoms with E-state index in [-0.39, 0.29) is 10.9 Å². The molecular weight excluding hydrogens is 422 g/mol. The number of alkyl halides is 4. The first-order valence-corrected chi connectivity index (χ1v) is 11.7. The molecule has 142 valence electrons. The summed E-state index contributed by atoms with van der Waals surface area (Å²) in [6.07, 6.45) is -3.47. The molecule has 0 bridgehead atoms. The first-order chi connectivity index (χ1) is 11.2. The number of Topliss-reactive ketones (excluding diaryl/α,β-unsaturated/α-hetero) is 1. The number of hydrogen-bond donors (Lipinski definition) is 0. The number of carbonyl (C=O) groups is 1. The van der Waals surface area contributed by atoms with Crippen molar-refractivity contribution in [3.8, 4) is 0 Å². The van der Waals surface area contributed by atoms with Gasteiger partial charge in [0.15, 0.2) is 19.9 Å². The van der Waals surface area contributed by atoms with E-state index in [1.165, 1.54) is 0 Å². The van der Waals surface area contributed by atoms with Crippen LogP contribution in [0.4, 0.5) is 17.6 Å².